The van der Waals surface area contributed by atoms with Crippen molar-refractivity contribution in [1.29, 1.82) is 0 Å². The number of Topliss-reactive ketones (excluding diaryl/α,β-unsaturated/α-hetero) is 1. The van der Waals surface area contributed by atoms with E-state index in [9.17, 15) is 9.59 Å². The van der Waals surface area contributed by atoms with E-state index in [4.69, 9.17) is 5.73 Å². The molecule has 0 bridgehead atoms. The van der Waals surface area contributed by atoms with Gasteiger partial charge in [-0.1, -0.05) is 0 Å². The van der Waals surface area contributed by atoms with Gasteiger partial charge in [0.25, 0.3) is 0 Å². The summed E-state index contributed by atoms with van der Waals surface area (Å²) in [5.41, 5.74) is 6.66. The summed E-state index contributed by atoms with van der Waals surface area (Å²) in [4.78, 5) is 26.8. The highest BCUT2D eigenvalue weighted by Gasteiger charge is 2.24. The van der Waals surface area contributed by atoms with Crippen LogP contribution in [-0.4, -0.2) is 42.9 Å². The molecule has 0 saturated heterocycles. The molecule has 0 saturated carbocycles. The Morgan fingerprint density at radius 2 is 2.45 bits per heavy atom. The number of pyridine rings is 1. The Kier molecular flexibility index (Phi) is 4.14. The van der Waals surface area contributed by atoms with Gasteiger partial charge in [-0.05, 0) is 12.1 Å². The van der Waals surface area contributed by atoms with Gasteiger partial charge in [-0.15, -0.1) is 5.10 Å². The van der Waals surface area contributed by atoms with Gasteiger partial charge in [0.2, 0.25) is 5.96 Å². The van der Waals surface area contributed by atoms with E-state index < -0.39 is 5.97 Å². The summed E-state index contributed by atoms with van der Waals surface area (Å²) in [6.45, 7) is 0.344. The second-order valence-electron chi connectivity index (χ2n) is 4.08. The van der Waals surface area contributed by atoms with Crippen LogP contribution in [0.4, 0.5) is 5.69 Å². The van der Waals surface area contributed by atoms with Crippen LogP contribution in [0, 0.1) is 0 Å². The summed E-state index contributed by atoms with van der Waals surface area (Å²) in [6.07, 6.45) is 1.88. The quantitative estimate of drug-likeness (QED) is 0.434. The smallest absolute Gasteiger partial charge is 0.325 e. The third-order valence-corrected chi connectivity index (χ3v) is 2.75. The molecular formula is C12H15N5O3. The van der Waals surface area contributed by atoms with Gasteiger partial charge in [0.05, 0.1) is 12.8 Å². The lowest BCUT2D eigenvalue weighted by atomic mass is 10.1. The molecule has 0 spiro atoms. The van der Waals surface area contributed by atoms with Gasteiger partial charge in [0.1, 0.15) is 12.2 Å². The lowest BCUT2D eigenvalue weighted by Crippen LogP contribution is -2.39. The fourth-order valence-electron chi connectivity index (χ4n) is 1.77. The first-order valence-corrected chi connectivity index (χ1v) is 6.02. The number of ether oxygens (including phenoxy) is 1. The zero-order valence-corrected chi connectivity index (χ0v) is 11.0. The monoisotopic (exact) mass is 277 g/mol. The maximum atomic E-state index is 11.7. The lowest BCUT2D eigenvalue weighted by Gasteiger charge is -2.25. The van der Waals surface area contributed by atoms with Crippen LogP contribution in [0.25, 0.3) is 0 Å². The van der Waals surface area contributed by atoms with E-state index in [1.54, 1.807) is 23.3 Å². The molecule has 1 aromatic heterocycles. The maximum Gasteiger partial charge on any atom is 0.325 e. The molecule has 2 heterocycles. The number of aromatic nitrogens is 1. The highest BCUT2D eigenvalue weighted by molar-refractivity contribution is 6.01. The number of carbonyl (C=O) groups excluding carboxylic acids is 2. The molecule has 8 heteroatoms. The summed E-state index contributed by atoms with van der Waals surface area (Å²) in [7, 11) is 1.29. The highest BCUT2D eigenvalue weighted by atomic mass is 16.5. The number of fused-ring (bicyclic) bond motifs is 1. The molecule has 0 atom stereocenters. The number of nitrogens with one attached hydrogen (secondary N) is 1. The minimum Gasteiger partial charge on any atom is -0.468 e. The summed E-state index contributed by atoms with van der Waals surface area (Å²) in [5.74, 6) is -0.397. The molecular weight excluding hydrogens is 262 g/mol. The van der Waals surface area contributed by atoms with Crippen LogP contribution in [0.15, 0.2) is 23.4 Å². The van der Waals surface area contributed by atoms with Crippen LogP contribution in [0.5, 0.6) is 0 Å². The van der Waals surface area contributed by atoms with Crippen LogP contribution >= 0.6 is 0 Å². The van der Waals surface area contributed by atoms with Crippen molar-refractivity contribution in [2.45, 2.75) is 6.42 Å². The number of rotatable bonds is 3. The summed E-state index contributed by atoms with van der Waals surface area (Å²) < 4.78 is 4.48. The Bertz CT molecular complexity index is 558. The van der Waals surface area contributed by atoms with E-state index in [-0.39, 0.29) is 18.3 Å². The van der Waals surface area contributed by atoms with Crippen LogP contribution in [0.3, 0.4) is 0 Å². The zero-order valence-electron chi connectivity index (χ0n) is 11.0. The second-order valence-corrected chi connectivity index (χ2v) is 4.08. The predicted octanol–water partition coefficient (Wildman–Crippen LogP) is -0.533. The van der Waals surface area contributed by atoms with Gasteiger partial charge in [0, 0.05) is 19.2 Å². The van der Waals surface area contributed by atoms with Gasteiger partial charge in [-0.3, -0.25) is 19.6 Å². The average Bonchev–Trinajstić information content (AvgIpc) is 2.48. The first-order chi connectivity index (χ1) is 9.61. The Morgan fingerprint density at radius 1 is 1.65 bits per heavy atom. The van der Waals surface area contributed by atoms with E-state index in [2.05, 4.69) is 20.1 Å². The molecule has 3 N–H and O–H groups in total. The van der Waals surface area contributed by atoms with Crippen LogP contribution in [0.2, 0.25) is 0 Å². The summed E-state index contributed by atoms with van der Waals surface area (Å²) in [5, 5.41) is 8.35. The SMILES string of the molecule is COC(=O)CNC(N)=NN1CCC(=O)c2ncccc21. The van der Waals surface area contributed by atoms with E-state index in [0.29, 0.717) is 24.3 Å². The molecule has 0 aliphatic carbocycles. The van der Waals surface area contributed by atoms with E-state index in [0.717, 1.165) is 0 Å². The minimum atomic E-state index is -0.445. The van der Waals surface area contributed by atoms with Crippen molar-refractivity contribution >= 4 is 23.4 Å². The van der Waals surface area contributed by atoms with Crippen LogP contribution in [-0.2, 0) is 9.53 Å². The number of anilines is 1. The van der Waals surface area contributed by atoms with Crippen molar-refractivity contribution in [2.24, 2.45) is 10.8 Å². The number of nitrogens with zero attached hydrogens (tertiary/aromatic N) is 3. The molecule has 1 aliphatic rings. The first-order valence-electron chi connectivity index (χ1n) is 6.02. The summed E-state index contributed by atoms with van der Waals surface area (Å²) in [6, 6.07) is 3.47. The van der Waals surface area contributed by atoms with Gasteiger partial charge in [-0.2, -0.15) is 0 Å². The molecule has 0 aromatic carbocycles. The number of carbonyl (C=O) groups is 2. The molecule has 1 aromatic rings. The average molecular weight is 277 g/mol. The van der Waals surface area contributed by atoms with Crippen molar-refractivity contribution in [3.8, 4) is 0 Å². The Hall–Kier alpha value is -2.64. The third-order valence-electron chi connectivity index (χ3n) is 2.75. The number of ketones is 1. The molecule has 20 heavy (non-hydrogen) atoms. The number of esters is 1. The molecule has 0 radical (unpaired) electrons. The number of hydrazone groups is 1. The minimum absolute atomic E-state index is 0.0202. The highest BCUT2D eigenvalue weighted by Crippen LogP contribution is 2.24. The molecule has 1 aliphatic heterocycles. The van der Waals surface area contributed by atoms with E-state index in [1.165, 1.54) is 7.11 Å². The topological polar surface area (TPSA) is 110 Å². The van der Waals surface area contributed by atoms with E-state index in [1.807, 2.05) is 0 Å². The van der Waals surface area contributed by atoms with Crippen molar-refractivity contribution in [3.63, 3.8) is 0 Å². The van der Waals surface area contributed by atoms with Crippen LogP contribution < -0.4 is 16.1 Å². The van der Waals surface area contributed by atoms with E-state index >= 15 is 0 Å². The second kappa shape index (κ2) is 6.00. The number of hydrogen-bond donors (Lipinski definition) is 2. The first kappa shape index (κ1) is 13.8. The van der Waals surface area contributed by atoms with Crippen LogP contribution in [0.1, 0.15) is 16.9 Å². The predicted molar refractivity (Wildman–Crippen MR) is 72.2 cm³/mol. The molecule has 2 rings (SSSR count). The lowest BCUT2D eigenvalue weighted by molar-refractivity contribution is -0.139. The van der Waals surface area contributed by atoms with Gasteiger partial charge in [-0.25, -0.2) is 0 Å². The number of hydrogen-bond acceptors (Lipinski definition) is 6. The van der Waals surface area contributed by atoms with Gasteiger partial charge in [0.15, 0.2) is 5.78 Å². The summed E-state index contributed by atoms with van der Waals surface area (Å²) >= 11 is 0. The van der Waals surface area contributed by atoms with Crippen molar-refractivity contribution in [3.05, 3.63) is 24.0 Å². The third kappa shape index (κ3) is 3.02. The Balaban J connectivity index is 2.12. The molecule has 8 nitrogen and oxygen atoms in total. The molecule has 106 valence electrons. The fraction of sp³-hybridized carbons (Fsp3) is 0.333. The Labute approximate surface area is 115 Å². The molecule has 0 unspecified atom stereocenters. The van der Waals surface area contributed by atoms with Crippen molar-refractivity contribution in [1.82, 2.24) is 10.3 Å². The molecule has 0 fully saturated rings. The van der Waals surface area contributed by atoms with Gasteiger partial charge < -0.3 is 15.8 Å². The standard InChI is InChI=1S/C12H15N5O3/c1-20-10(19)7-15-12(13)16-17-6-4-9(18)11-8(17)3-2-5-14-11/h2-3,5H,4,6-7H2,1H3,(H3,13,15,16). The maximum absolute atomic E-state index is 11.7. The van der Waals surface area contributed by atoms with Gasteiger partial charge >= 0.3 is 5.97 Å². The fourth-order valence-corrected chi connectivity index (χ4v) is 1.77. The number of methoxy groups -OCH3 is 1. The van der Waals surface area contributed by atoms with Crippen molar-refractivity contribution in [2.75, 3.05) is 25.2 Å². The normalized spacial score (nSPS) is 14.8. The zero-order chi connectivity index (χ0) is 14.5. The van der Waals surface area contributed by atoms with Crippen molar-refractivity contribution < 1.29 is 14.3 Å². The largest absolute Gasteiger partial charge is 0.468 e. The Morgan fingerprint density at radius 3 is 3.20 bits per heavy atom. The molecule has 0 amide bonds. The number of nitrogens with two attached hydrogens (primary N) is 1. The number of guanidine groups is 1.